The lowest BCUT2D eigenvalue weighted by molar-refractivity contribution is -0.0445. The number of carbonyl (C=O) groups excluding carboxylic acids is 1. The van der Waals surface area contributed by atoms with Gasteiger partial charge in [-0.15, -0.1) is 5.06 Å². The van der Waals surface area contributed by atoms with E-state index in [9.17, 15) is 10.0 Å². The van der Waals surface area contributed by atoms with Gasteiger partial charge in [-0.25, -0.2) is 0 Å². The van der Waals surface area contributed by atoms with Crippen molar-refractivity contribution < 1.29 is 38.4 Å². The highest BCUT2D eigenvalue weighted by molar-refractivity contribution is 5.94. The Bertz CT molecular complexity index is 1410. The number of rotatable bonds is 11. The summed E-state index contributed by atoms with van der Waals surface area (Å²) in [6, 6.07) is 20.5. The van der Waals surface area contributed by atoms with Gasteiger partial charge in [0, 0.05) is 18.0 Å². The SMILES string of the molecule is CCCOc1ccc(C2(CC#CN(O)C(=O)c3ccccc3)CCC(c3cc(OC)c(OC)c(OC)c3)O2)cc1OC. The van der Waals surface area contributed by atoms with Crippen molar-refractivity contribution in [1.82, 2.24) is 5.06 Å². The van der Waals surface area contributed by atoms with Crippen LogP contribution in [0.25, 0.3) is 0 Å². The molecule has 0 spiro atoms. The number of nitrogens with zero attached hydrogens (tertiary/aromatic N) is 1. The van der Waals surface area contributed by atoms with E-state index in [1.54, 1.807) is 58.8 Å². The van der Waals surface area contributed by atoms with Gasteiger partial charge in [-0.2, -0.15) is 0 Å². The molecular formula is C33H37NO8. The third-order valence-electron chi connectivity index (χ3n) is 7.16. The fraction of sp³-hybridized carbons (Fsp3) is 0.364. The van der Waals surface area contributed by atoms with Crippen molar-refractivity contribution in [3.63, 3.8) is 0 Å². The minimum Gasteiger partial charge on any atom is -0.493 e. The molecule has 0 aromatic heterocycles. The fourth-order valence-corrected chi connectivity index (χ4v) is 5.01. The van der Waals surface area contributed by atoms with Crippen LogP contribution in [0.2, 0.25) is 0 Å². The third kappa shape index (κ3) is 6.56. The summed E-state index contributed by atoms with van der Waals surface area (Å²) in [5.41, 5.74) is 1.16. The van der Waals surface area contributed by atoms with Crippen LogP contribution in [-0.4, -0.2) is 51.2 Å². The maximum absolute atomic E-state index is 12.6. The number of ether oxygens (including phenoxy) is 6. The van der Waals surface area contributed by atoms with E-state index in [0.29, 0.717) is 58.8 Å². The Morgan fingerprint density at radius 3 is 2.26 bits per heavy atom. The van der Waals surface area contributed by atoms with Crippen LogP contribution in [0.1, 0.15) is 60.2 Å². The van der Waals surface area contributed by atoms with E-state index in [2.05, 4.69) is 12.0 Å². The van der Waals surface area contributed by atoms with Gasteiger partial charge in [0.15, 0.2) is 23.0 Å². The summed E-state index contributed by atoms with van der Waals surface area (Å²) < 4.78 is 34.9. The van der Waals surface area contributed by atoms with Crippen LogP contribution in [0.4, 0.5) is 0 Å². The van der Waals surface area contributed by atoms with Crippen molar-refractivity contribution in [3.05, 3.63) is 77.4 Å². The smallest absolute Gasteiger partial charge is 0.289 e. The molecule has 0 radical (unpaired) electrons. The second-order valence-electron chi connectivity index (χ2n) is 9.76. The summed E-state index contributed by atoms with van der Waals surface area (Å²) in [5, 5.41) is 10.8. The van der Waals surface area contributed by atoms with Crippen LogP contribution in [0, 0.1) is 12.0 Å². The number of amides is 1. The highest BCUT2D eigenvalue weighted by Gasteiger charge is 2.43. The zero-order valence-corrected chi connectivity index (χ0v) is 24.6. The van der Waals surface area contributed by atoms with Gasteiger partial charge in [-0.1, -0.05) is 37.1 Å². The first-order valence-corrected chi connectivity index (χ1v) is 13.8. The van der Waals surface area contributed by atoms with E-state index in [1.165, 1.54) is 0 Å². The average Bonchev–Trinajstić information content (AvgIpc) is 3.48. The largest absolute Gasteiger partial charge is 0.493 e. The summed E-state index contributed by atoms with van der Waals surface area (Å²) in [6.07, 6.45) is 2.02. The lowest BCUT2D eigenvalue weighted by atomic mass is 9.87. The second kappa shape index (κ2) is 14.0. The van der Waals surface area contributed by atoms with E-state index in [0.717, 1.165) is 17.5 Å². The first-order valence-electron chi connectivity index (χ1n) is 13.8. The van der Waals surface area contributed by atoms with Crippen LogP contribution in [0.5, 0.6) is 28.7 Å². The molecule has 222 valence electrons. The minimum absolute atomic E-state index is 0.200. The first-order chi connectivity index (χ1) is 20.4. The number of methoxy groups -OCH3 is 4. The van der Waals surface area contributed by atoms with Gasteiger partial charge in [0.1, 0.15) is 5.60 Å². The molecule has 0 bridgehead atoms. The van der Waals surface area contributed by atoms with Gasteiger partial charge in [-0.05, 0) is 66.8 Å². The Kier molecular flexibility index (Phi) is 10.2. The normalized spacial score (nSPS) is 17.5. The number of hydrogen-bond donors (Lipinski definition) is 1. The molecule has 1 amide bonds. The Morgan fingerprint density at radius 1 is 0.952 bits per heavy atom. The van der Waals surface area contributed by atoms with E-state index >= 15 is 0 Å². The minimum atomic E-state index is -0.870. The molecule has 9 nitrogen and oxygen atoms in total. The topological polar surface area (TPSA) is 95.9 Å². The Balaban J connectivity index is 1.69. The molecule has 1 N–H and O–H groups in total. The van der Waals surface area contributed by atoms with Gasteiger partial charge in [0.2, 0.25) is 5.75 Å². The second-order valence-corrected chi connectivity index (χ2v) is 9.76. The van der Waals surface area contributed by atoms with E-state index in [-0.39, 0.29) is 12.5 Å². The molecule has 0 aliphatic carbocycles. The van der Waals surface area contributed by atoms with Gasteiger partial charge >= 0.3 is 0 Å². The number of hydrogen-bond acceptors (Lipinski definition) is 8. The summed E-state index contributed by atoms with van der Waals surface area (Å²) in [5.74, 6) is 5.14. The van der Waals surface area contributed by atoms with Crippen LogP contribution in [0.15, 0.2) is 60.7 Å². The molecule has 1 fully saturated rings. The van der Waals surface area contributed by atoms with Crippen LogP contribution >= 0.6 is 0 Å². The van der Waals surface area contributed by atoms with E-state index < -0.39 is 11.5 Å². The third-order valence-corrected chi connectivity index (χ3v) is 7.16. The highest BCUT2D eigenvalue weighted by Crippen LogP contribution is 2.51. The van der Waals surface area contributed by atoms with Crippen molar-refractivity contribution in [2.24, 2.45) is 0 Å². The molecule has 0 saturated carbocycles. The number of hydroxylamine groups is 2. The Morgan fingerprint density at radius 2 is 1.64 bits per heavy atom. The molecule has 3 aromatic rings. The molecular weight excluding hydrogens is 538 g/mol. The molecule has 1 aliphatic rings. The van der Waals surface area contributed by atoms with Crippen molar-refractivity contribution in [2.75, 3.05) is 35.0 Å². The summed E-state index contributed by atoms with van der Waals surface area (Å²) in [7, 11) is 6.30. The quantitative estimate of drug-likeness (QED) is 0.126. The molecule has 4 rings (SSSR count). The maximum Gasteiger partial charge on any atom is 0.289 e. The van der Waals surface area contributed by atoms with E-state index in [4.69, 9.17) is 28.4 Å². The Hall–Kier alpha value is -4.39. The molecule has 1 saturated heterocycles. The number of benzene rings is 3. The van der Waals surface area contributed by atoms with Gasteiger partial charge < -0.3 is 28.4 Å². The highest BCUT2D eigenvalue weighted by atomic mass is 16.5. The summed E-state index contributed by atoms with van der Waals surface area (Å²) in [6.45, 7) is 2.60. The van der Waals surface area contributed by atoms with Crippen molar-refractivity contribution in [3.8, 4) is 40.7 Å². The molecule has 1 aliphatic heterocycles. The predicted octanol–water partition coefficient (Wildman–Crippen LogP) is 6.14. The molecule has 2 atom stereocenters. The molecule has 2 unspecified atom stereocenters. The van der Waals surface area contributed by atoms with Gasteiger partial charge in [0.25, 0.3) is 5.91 Å². The van der Waals surface area contributed by atoms with E-state index in [1.807, 2.05) is 37.3 Å². The zero-order chi connectivity index (χ0) is 30.1. The number of carbonyl (C=O) groups is 1. The van der Waals surface area contributed by atoms with Gasteiger partial charge in [-0.3, -0.25) is 10.0 Å². The first kappa shape index (κ1) is 30.6. The molecule has 1 heterocycles. The fourth-order valence-electron chi connectivity index (χ4n) is 5.01. The van der Waals surface area contributed by atoms with Crippen LogP contribution in [0.3, 0.4) is 0 Å². The Labute approximate surface area is 246 Å². The summed E-state index contributed by atoms with van der Waals surface area (Å²) >= 11 is 0. The average molecular weight is 576 g/mol. The lowest BCUT2D eigenvalue weighted by Crippen LogP contribution is -2.26. The standard InChI is InChI=1S/C33H37NO8/c1-6-19-41-27-14-13-25(22-28(27)37-2)33(16-10-18-34(36)32(35)23-11-8-7-9-12-23)17-15-26(42-33)24-20-29(38-3)31(40-5)30(21-24)39-4/h7-9,11-14,20-22,26,36H,6,15-17,19H2,1-5H3. The molecule has 9 heteroatoms. The van der Waals surface area contributed by atoms with Gasteiger partial charge in [0.05, 0.1) is 41.2 Å². The van der Waals surface area contributed by atoms with Crippen molar-refractivity contribution in [1.29, 1.82) is 0 Å². The van der Waals surface area contributed by atoms with Crippen molar-refractivity contribution in [2.45, 2.75) is 44.3 Å². The summed E-state index contributed by atoms with van der Waals surface area (Å²) in [4.78, 5) is 12.6. The zero-order valence-electron chi connectivity index (χ0n) is 24.6. The lowest BCUT2D eigenvalue weighted by Gasteiger charge is -2.29. The van der Waals surface area contributed by atoms with Crippen LogP contribution < -0.4 is 23.7 Å². The van der Waals surface area contributed by atoms with Crippen molar-refractivity contribution >= 4 is 5.91 Å². The molecule has 42 heavy (non-hydrogen) atoms. The monoisotopic (exact) mass is 575 g/mol. The maximum atomic E-state index is 12.6. The predicted molar refractivity (Wildman–Crippen MR) is 156 cm³/mol. The molecule has 3 aromatic carbocycles. The van der Waals surface area contributed by atoms with Crippen LogP contribution in [-0.2, 0) is 10.3 Å².